The van der Waals surface area contributed by atoms with Crippen LogP contribution >= 0.6 is 0 Å². The van der Waals surface area contributed by atoms with Gasteiger partial charge in [0.1, 0.15) is 5.76 Å². The van der Waals surface area contributed by atoms with Gasteiger partial charge in [0.2, 0.25) is 0 Å². The van der Waals surface area contributed by atoms with E-state index in [2.05, 4.69) is 5.32 Å². The highest BCUT2D eigenvalue weighted by Gasteiger charge is 2.10. The molecule has 0 aliphatic heterocycles. The van der Waals surface area contributed by atoms with Gasteiger partial charge in [0.15, 0.2) is 0 Å². The van der Waals surface area contributed by atoms with Crippen LogP contribution in [0.5, 0.6) is 0 Å². The lowest BCUT2D eigenvalue weighted by Gasteiger charge is -2.13. The molecule has 0 bridgehead atoms. The average Bonchev–Trinajstić information content (AvgIpc) is 2.93. The first-order chi connectivity index (χ1) is 10.2. The summed E-state index contributed by atoms with van der Waals surface area (Å²) in [6.07, 6.45) is 2.37. The Labute approximate surface area is 125 Å². The molecule has 21 heavy (non-hydrogen) atoms. The summed E-state index contributed by atoms with van der Waals surface area (Å²) in [6.45, 7) is 5.01. The SMILES string of the molecule is Cc1occc1C(=O)NCCCOC(C)c1ccccc1. The van der Waals surface area contributed by atoms with Crippen molar-refractivity contribution in [1.82, 2.24) is 5.32 Å². The van der Waals surface area contributed by atoms with Gasteiger partial charge in [-0.25, -0.2) is 0 Å². The summed E-state index contributed by atoms with van der Waals surface area (Å²) in [5.41, 5.74) is 1.75. The fourth-order valence-corrected chi connectivity index (χ4v) is 2.07. The standard InChI is InChI=1S/C17H21NO3/c1-13(15-7-4-3-5-8-15)20-11-6-10-18-17(19)16-9-12-21-14(16)2/h3-5,7-9,12-13H,6,10-11H2,1-2H3,(H,18,19). The van der Waals surface area contributed by atoms with Crippen LogP contribution in [0.1, 0.15) is 41.1 Å². The molecule has 1 atom stereocenters. The van der Waals surface area contributed by atoms with Crippen molar-refractivity contribution in [2.75, 3.05) is 13.2 Å². The van der Waals surface area contributed by atoms with Gasteiger partial charge in [-0.3, -0.25) is 4.79 Å². The number of aryl methyl sites for hydroxylation is 1. The maximum Gasteiger partial charge on any atom is 0.254 e. The Bertz CT molecular complexity index is 562. The lowest BCUT2D eigenvalue weighted by molar-refractivity contribution is 0.0635. The van der Waals surface area contributed by atoms with Crippen LogP contribution in [0.4, 0.5) is 0 Å². The van der Waals surface area contributed by atoms with E-state index in [0.717, 1.165) is 12.0 Å². The van der Waals surface area contributed by atoms with Crippen LogP contribution < -0.4 is 5.32 Å². The predicted molar refractivity (Wildman–Crippen MR) is 81.2 cm³/mol. The second kappa shape index (κ2) is 7.64. The van der Waals surface area contributed by atoms with Crippen LogP contribution in [-0.2, 0) is 4.74 Å². The van der Waals surface area contributed by atoms with Crippen LogP contribution in [0.3, 0.4) is 0 Å². The molecule has 2 aromatic rings. The second-order valence-electron chi connectivity index (χ2n) is 4.92. The molecule has 0 aliphatic rings. The molecule has 0 spiro atoms. The van der Waals surface area contributed by atoms with Gasteiger partial charge in [0.25, 0.3) is 5.91 Å². The van der Waals surface area contributed by atoms with Gasteiger partial charge < -0.3 is 14.5 Å². The first-order valence-electron chi connectivity index (χ1n) is 7.17. The third-order valence-corrected chi connectivity index (χ3v) is 3.35. The molecule has 1 unspecified atom stereocenters. The van der Waals surface area contributed by atoms with Gasteiger partial charge >= 0.3 is 0 Å². The van der Waals surface area contributed by atoms with Crippen LogP contribution in [0.2, 0.25) is 0 Å². The fraction of sp³-hybridized carbons (Fsp3) is 0.353. The zero-order chi connectivity index (χ0) is 15.1. The van der Waals surface area contributed by atoms with Crippen LogP contribution in [0.25, 0.3) is 0 Å². The van der Waals surface area contributed by atoms with E-state index < -0.39 is 0 Å². The minimum atomic E-state index is -0.0997. The Morgan fingerprint density at radius 2 is 2.05 bits per heavy atom. The molecule has 1 aromatic heterocycles. The van der Waals surface area contributed by atoms with E-state index in [-0.39, 0.29) is 12.0 Å². The fourth-order valence-electron chi connectivity index (χ4n) is 2.07. The highest BCUT2D eigenvalue weighted by Crippen LogP contribution is 2.15. The summed E-state index contributed by atoms with van der Waals surface area (Å²) < 4.78 is 10.9. The van der Waals surface area contributed by atoms with Gasteiger partial charge in [-0.15, -0.1) is 0 Å². The molecule has 1 heterocycles. The topological polar surface area (TPSA) is 51.5 Å². The number of nitrogens with one attached hydrogen (secondary N) is 1. The number of hydrogen-bond acceptors (Lipinski definition) is 3. The molecule has 0 radical (unpaired) electrons. The first-order valence-corrected chi connectivity index (χ1v) is 7.17. The molecule has 0 saturated carbocycles. The smallest absolute Gasteiger partial charge is 0.254 e. The van der Waals surface area contributed by atoms with Gasteiger partial charge in [-0.05, 0) is 31.9 Å². The molecular weight excluding hydrogens is 266 g/mol. The van der Waals surface area contributed by atoms with Crippen molar-refractivity contribution in [3.63, 3.8) is 0 Å². The normalized spacial score (nSPS) is 12.1. The molecule has 1 N–H and O–H groups in total. The Balaban J connectivity index is 1.64. The monoisotopic (exact) mass is 287 g/mol. The van der Waals surface area contributed by atoms with E-state index in [4.69, 9.17) is 9.15 Å². The van der Waals surface area contributed by atoms with E-state index >= 15 is 0 Å². The van der Waals surface area contributed by atoms with E-state index in [1.54, 1.807) is 13.0 Å². The van der Waals surface area contributed by atoms with Crippen LogP contribution in [0.15, 0.2) is 47.1 Å². The highest BCUT2D eigenvalue weighted by atomic mass is 16.5. The maximum atomic E-state index is 11.8. The molecule has 4 heteroatoms. The quantitative estimate of drug-likeness (QED) is 0.793. The zero-order valence-electron chi connectivity index (χ0n) is 12.5. The third-order valence-electron chi connectivity index (χ3n) is 3.35. The molecule has 1 aromatic carbocycles. The molecule has 112 valence electrons. The summed E-state index contributed by atoms with van der Waals surface area (Å²) >= 11 is 0. The number of ether oxygens (including phenoxy) is 1. The van der Waals surface area contributed by atoms with E-state index in [1.165, 1.54) is 6.26 Å². The van der Waals surface area contributed by atoms with Crippen molar-refractivity contribution in [2.45, 2.75) is 26.4 Å². The third kappa shape index (κ3) is 4.46. The summed E-state index contributed by atoms with van der Waals surface area (Å²) in [5, 5.41) is 2.86. The van der Waals surface area contributed by atoms with Crippen molar-refractivity contribution in [1.29, 1.82) is 0 Å². The number of rotatable bonds is 7. The van der Waals surface area contributed by atoms with Crippen molar-refractivity contribution >= 4 is 5.91 Å². The summed E-state index contributed by atoms with van der Waals surface area (Å²) in [7, 11) is 0. The Morgan fingerprint density at radius 3 is 2.71 bits per heavy atom. The number of carbonyl (C=O) groups is 1. The van der Waals surface area contributed by atoms with E-state index in [0.29, 0.717) is 24.5 Å². The minimum Gasteiger partial charge on any atom is -0.469 e. The predicted octanol–water partition coefficient (Wildman–Crippen LogP) is 3.49. The molecule has 4 nitrogen and oxygen atoms in total. The summed E-state index contributed by atoms with van der Waals surface area (Å²) in [5.74, 6) is 0.541. The number of hydrogen-bond donors (Lipinski definition) is 1. The highest BCUT2D eigenvalue weighted by molar-refractivity contribution is 5.94. The average molecular weight is 287 g/mol. The Hall–Kier alpha value is -2.07. The molecule has 0 saturated heterocycles. The largest absolute Gasteiger partial charge is 0.469 e. The van der Waals surface area contributed by atoms with E-state index in [1.807, 2.05) is 37.3 Å². The zero-order valence-corrected chi connectivity index (χ0v) is 12.5. The molecule has 0 aliphatic carbocycles. The number of benzene rings is 1. The summed E-state index contributed by atoms with van der Waals surface area (Å²) in [4.78, 5) is 11.8. The van der Waals surface area contributed by atoms with Crippen molar-refractivity contribution in [3.05, 3.63) is 59.5 Å². The molecule has 1 amide bonds. The van der Waals surface area contributed by atoms with Gasteiger partial charge in [0, 0.05) is 13.2 Å². The maximum absolute atomic E-state index is 11.8. The lowest BCUT2D eigenvalue weighted by atomic mass is 10.1. The van der Waals surface area contributed by atoms with Crippen LogP contribution in [-0.4, -0.2) is 19.1 Å². The van der Waals surface area contributed by atoms with Gasteiger partial charge in [0.05, 0.1) is 17.9 Å². The van der Waals surface area contributed by atoms with Crippen molar-refractivity contribution in [2.24, 2.45) is 0 Å². The summed E-state index contributed by atoms with van der Waals surface area (Å²) in [6, 6.07) is 11.8. The Kier molecular flexibility index (Phi) is 5.58. The number of carbonyl (C=O) groups excluding carboxylic acids is 1. The van der Waals surface area contributed by atoms with Crippen LogP contribution in [0, 0.1) is 6.92 Å². The van der Waals surface area contributed by atoms with Crippen molar-refractivity contribution < 1.29 is 13.9 Å². The lowest BCUT2D eigenvalue weighted by Crippen LogP contribution is -2.25. The second-order valence-corrected chi connectivity index (χ2v) is 4.92. The molecule has 0 fully saturated rings. The van der Waals surface area contributed by atoms with Gasteiger partial charge in [-0.1, -0.05) is 30.3 Å². The minimum absolute atomic E-state index is 0.0676. The van der Waals surface area contributed by atoms with E-state index in [9.17, 15) is 4.79 Å². The van der Waals surface area contributed by atoms with Crippen molar-refractivity contribution in [3.8, 4) is 0 Å². The first kappa shape index (κ1) is 15.3. The number of amides is 1. The van der Waals surface area contributed by atoms with Gasteiger partial charge in [-0.2, -0.15) is 0 Å². The number of furan rings is 1. The molecule has 2 rings (SSSR count). The molecular formula is C17H21NO3. The Morgan fingerprint density at radius 1 is 1.29 bits per heavy atom.